The molecule has 10 aromatic carbocycles. The van der Waals surface area contributed by atoms with Gasteiger partial charge in [0.25, 0.3) is 0 Å². The summed E-state index contributed by atoms with van der Waals surface area (Å²) in [5.74, 6) is 0. The van der Waals surface area contributed by atoms with Gasteiger partial charge in [-0.2, -0.15) is 0 Å². The van der Waals surface area contributed by atoms with E-state index in [4.69, 9.17) is 0 Å². The van der Waals surface area contributed by atoms with Gasteiger partial charge in [-0.15, -0.1) is 0 Å². The molecule has 2 heteroatoms. The summed E-state index contributed by atoms with van der Waals surface area (Å²) in [4.78, 5) is 5.16. The molecule has 0 spiro atoms. The van der Waals surface area contributed by atoms with E-state index in [0.29, 0.717) is 0 Å². The Morgan fingerprint density at radius 2 is 0.809 bits per heavy atom. The van der Waals surface area contributed by atoms with Crippen LogP contribution in [-0.2, 0) is 12.8 Å². The highest BCUT2D eigenvalue weighted by atomic mass is 15.2. The third-order valence-corrected chi connectivity index (χ3v) is 15.5. The zero-order valence-corrected chi connectivity index (χ0v) is 38.2. The molecule has 2 heterocycles. The lowest BCUT2D eigenvalue weighted by Gasteiger charge is -2.31. The molecule has 10 aromatic rings. The predicted molar refractivity (Wildman–Crippen MR) is 289 cm³/mol. The third kappa shape index (κ3) is 6.17. The van der Waals surface area contributed by atoms with Gasteiger partial charge in [0.15, 0.2) is 0 Å². The molecule has 2 aliphatic carbocycles. The molecule has 0 saturated carbocycles. The van der Waals surface area contributed by atoms with Crippen molar-refractivity contribution >= 4 is 76.6 Å². The predicted octanol–water partition coefficient (Wildman–Crippen LogP) is 18.2. The Morgan fingerprint density at radius 3 is 1.44 bits per heavy atom. The van der Waals surface area contributed by atoms with Crippen LogP contribution in [0.4, 0.5) is 22.7 Å². The summed E-state index contributed by atoms with van der Waals surface area (Å²) >= 11 is 0. The monoisotopic (exact) mass is 870 g/mol. The molecule has 0 bridgehead atoms. The molecule has 14 rings (SSSR count). The first-order chi connectivity index (χ1) is 33.7. The smallest absolute Gasteiger partial charge is 0.0493 e. The van der Waals surface area contributed by atoms with Gasteiger partial charge >= 0.3 is 0 Å². The van der Waals surface area contributed by atoms with Crippen LogP contribution in [0, 0.1) is 0 Å². The summed E-state index contributed by atoms with van der Waals surface area (Å²) in [6.07, 6.45) is 18.2. The fraction of sp³-hybridized carbons (Fsp3) is 0.121. The highest BCUT2D eigenvalue weighted by molar-refractivity contribution is 6.28. The lowest BCUT2D eigenvalue weighted by atomic mass is 9.82. The first-order valence-electron chi connectivity index (χ1n) is 24.7. The summed E-state index contributed by atoms with van der Waals surface area (Å²) in [7, 11) is 0. The Hall–Kier alpha value is -7.94. The minimum absolute atomic E-state index is 1.05. The lowest BCUT2D eigenvalue weighted by Crippen LogP contribution is -2.18. The summed E-state index contributed by atoms with van der Waals surface area (Å²) in [5, 5.41) is 12.6. The van der Waals surface area contributed by atoms with E-state index in [1.165, 1.54) is 121 Å². The van der Waals surface area contributed by atoms with Crippen LogP contribution in [-0.4, -0.2) is 0 Å². The second kappa shape index (κ2) is 15.9. The molecular formula is C66H50N2. The van der Waals surface area contributed by atoms with Crippen molar-refractivity contribution < 1.29 is 0 Å². The van der Waals surface area contributed by atoms with Gasteiger partial charge < -0.3 is 9.80 Å². The van der Waals surface area contributed by atoms with E-state index in [0.717, 1.165) is 51.4 Å². The zero-order valence-electron chi connectivity index (χ0n) is 38.2. The molecule has 0 atom stereocenters. The molecule has 324 valence electrons. The summed E-state index contributed by atoms with van der Waals surface area (Å²) < 4.78 is 0. The number of benzene rings is 10. The van der Waals surface area contributed by atoms with Crippen LogP contribution >= 0.6 is 0 Å². The van der Waals surface area contributed by atoms with E-state index < -0.39 is 0 Å². The number of para-hydroxylation sites is 2. The van der Waals surface area contributed by atoms with Gasteiger partial charge in [0.2, 0.25) is 0 Å². The highest BCUT2D eigenvalue weighted by Gasteiger charge is 2.29. The van der Waals surface area contributed by atoms with Gasteiger partial charge in [0.1, 0.15) is 0 Å². The SMILES string of the molecule is C1=CC2=C(CC1)CCc1ccccc1N2c1ccc2c(-c3cc4ccccc4c4ccccc34)c3cc(N4C5=C(CCC=C5)CCc5ccccc54)ccc3c(-c3cccc4ccccc34)c2c1. The van der Waals surface area contributed by atoms with Gasteiger partial charge in [-0.3, -0.25) is 0 Å². The first kappa shape index (κ1) is 39.2. The maximum Gasteiger partial charge on any atom is 0.0493 e. The molecule has 2 nitrogen and oxygen atoms in total. The van der Waals surface area contributed by atoms with E-state index in [9.17, 15) is 0 Å². The number of fused-ring (bicyclic) bond motifs is 8. The quantitative estimate of drug-likeness (QED) is 0.128. The maximum absolute atomic E-state index is 2.58. The lowest BCUT2D eigenvalue weighted by molar-refractivity contribution is 0.833. The van der Waals surface area contributed by atoms with Gasteiger partial charge in [0.05, 0.1) is 0 Å². The minimum Gasteiger partial charge on any atom is -0.310 e. The molecule has 0 amide bonds. The van der Waals surface area contributed by atoms with Crippen molar-refractivity contribution in [2.45, 2.75) is 51.4 Å². The van der Waals surface area contributed by atoms with Crippen LogP contribution in [0.25, 0.3) is 76.1 Å². The van der Waals surface area contributed by atoms with E-state index in [2.05, 4.69) is 216 Å². The summed E-state index contributed by atoms with van der Waals surface area (Å²) in [5.41, 5.74) is 18.6. The molecule has 0 N–H and O–H groups in total. The molecule has 0 saturated heterocycles. The summed E-state index contributed by atoms with van der Waals surface area (Å²) in [6, 6.07) is 69.4. The summed E-state index contributed by atoms with van der Waals surface area (Å²) in [6.45, 7) is 0. The average Bonchev–Trinajstić information content (AvgIpc) is 3.68. The largest absolute Gasteiger partial charge is 0.310 e. The van der Waals surface area contributed by atoms with E-state index in [1.807, 2.05) is 0 Å². The Bertz CT molecular complexity index is 3870. The molecule has 0 radical (unpaired) electrons. The number of hydrogen-bond acceptors (Lipinski definition) is 2. The van der Waals surface area contributed by atoms with Crippen molar-refractivity contribution in [3.8, 4) is 22.3 Å². The van der Waals surface area contributed by atoms with Gasteiger partial charge in [-0.25, -0.2) is 0 Å². The van der Waals surface area contributed by atoms with Crippen LogP contribution < -0.4 is 9.80 Å². The number of aryl methyl sites for hydroxylation is 2. The first-order valence-corrected chi connectivity index (χ1v) is 24.7. The van der Waals surface area contributed by atoms with Crippen LogP contribution in [0.15, 0.2) is 229 Å². The fourth-order valence-electron chi connectivity index (χ4n) is 12.4. The Labute approximate surface area is 398 Å². The second-order valence-electron chi connectivity index (χ2n) is 19.2. The zero-order chi connectivity index (χ0) is 44.7. The number of rotatable bonds is 4. The van der Waals surface area contributed by atoms with Gasteiger partial charge in [-0.05, 0) is 204 Å². The van der Waals surface area contributed by atoms with E-state index >= 15 is 0 Å². The molecule has 4 aliphatic rings. The maximum atomic E-state index is 2.58. The Balaban J connectivity index is 1.15. The van der Waals surface area contributed by atoms with Crippen molar-refractivity contribution in [1.29, 1.82) is 0 Å². The van der Waals surface area contributed by atoms with Crippen molar-refractivity contribution in [2.75, 3.05) is 9.80 Å². The minimum atomic E-state index is 1.05. The highest BCUT2D eigenvalue weighted by Crippen LogP contribution is 2.52. The van der Waals surface area contributed by atoms with Crippen LogP contribution in [0.2, 0.25) is 0 Å². The number of anilines is 4. The molecule has 0 fully saturated rings. The van der Waals surface area contributed by atoms with Crippen molar-refractivity contribution in [3.05, 3.63) is 240 Å². The Morgan fingerprint density at radius 1 is 0.309 bits per heavy atom. The third-order valence-electron chi connectivity index (χ3n) is 15.5. The van der Waals surface area contributed by atoms with Crippen molar-refractivity contribution in [2.24, 2.45) is 0 Å². The molecular weight excluding hydrogens is 821 g/mol. The standard InChI is InChI=1S/C66H50N2/c1-7-23-51-43(16-1)22-15-27-55(51)65-56-38-36-50(68-63-30-13-5-19-46(63)34-35-47-20-6-14-31-64(47)68)42-60(56)66(58-40-48-21-2-8-24-52(48)53-25-9-10-26-54(53)58)57-39-37-49(41-59(57)65)67-61-28-11-3-17-44(61)32-33-45-18-4-12-29-62(45)67/h1-3,5,7-17,19,21-31,36-42H,4,6,18,20,32-35H2. The molecule has 2 aliphatic heterocycles. The molecule has 0 unspecified atom stereocenters. The second-order valence-corrected chi connectivity index (χ2v) is 19.2. The van der Waals surface area contributed by atoms with E-state index in [-0.39, 0.29) is 0 Å². The number of hydrogen-bond donors (Lipinski definition) is 0. The van der Waals surface area contributed by atoms with Crippen molar-refractivity contribution in [1.82, 2.24) is 0 Å². The van der Waals surface area contributed by atoms with Crippen LogP contribution in [0.1, 0.15) is 49.7 Å². The van der Waals surface area contributed by atoms with Crippen molar-refractivity contribution in [3.63, 3.8) is 0 Å². The fourth-order valence-corrected chi connectivity index (χ4v) is 12.4. The average molecular weight is 871 g/mol. The molecule has 0 aromatic heterocycles. The van der Waals surface area contributed by atoms with Gasteiger partial charge in [0, 0.05) is 34.1 Å². The normalized spacial score (nSPS) is 15.8. The molecule has 68 heavy (non-hydrogen) atoms. The van der Waals surface area contributed by atoms with Crippen LogP contribution in [0.3, 0.4) is 0 Å². The van der Waals surface area contributed by atoms with E-state index in [1.54, 1.807) is 11.1 Å². The Kier molecular flexibility index (Phi) is 9.15. The number of allylic oxidation sites excluding steroid dienone is 6. The number of nitrogens with zero attached hydrogens (tertiary/aromatic N) is 2. The topological polar surface area (TPSA) is 6.48 Å². The van der Waals surface area contributed by atoms with Crippen LogP contribution in [0.5, 0.6) is 0 Å². The van der Waals surface area contributed by atoms with Gasteiger partial charge in [-0.1, -0.05) is 152 Å².